The molecule has 1 heterocycles. The van der Waals surface area contributed by atoms with E-state index in [1.807, 2.05) is 0 Å². The van der Waals surface area contributed by atoms with Crippen LogP contribution in [0.3, 0.4) is 0 Å². The summed E-state index contributed by atoms with van der Waals surface area (Å²) >= 11 is 9.14. The molecule has 2 aromatic rings. The molecule has 116 valence electrons. The summed E-state index contributed by atoms with van der Waals surface area (Å²) in [7, 11) is -3.46. The minimum absolute atomic E-state index is 0.00282. The molecular formula is C11H9BrClF3N2O2S. The molecule has 0 radical (unpaired) electrons. The van der Waals surface area contributed by atoms with Crippen molar-refractivity contribution in [2.24, 2.45) is 0 Å². The van der Waals surface area contributed by atoms with Crippen LogP contribution in [0.1, 0.15) is 5.69 Å². The Labute approximate surface area is 131 Å². The number of hydrogen-bond donors (Lipinski definition) is 0. The lowest BCUT2D eigenvalue weighted by Crippen LogP contribution is -2.19. The van der Waals surface area contributed by atoms with Crippen molar-refractivity contribution in [1.82, 2.24) is 9.78 Å². The predicted molar refractivity (Wildman–Crippen MR) is 77.0 cm³/mol. The van der Waals surface area contributed by atoms with Crippen LogP contribution in [0.15, 0.2) is 16.6 Å². The standard InChI is InChI=1S/C11H9BrClF3N2O2S/c1-21(19,20)4-8-9-7(13)3-2-6(12)10(9)18(17-8)5-11(14,15)16/h2-3H,4-5H2,1H3. The zero-order valence-corrected chi connectivity index (χ0v) is 13.7. The van der Waals surface area contributed by atoms with Crippen molar-refractivity contribution in [3.8, 4) is 0 Å². The normalized spacial score (nSPS) is 13.0. The first-order valence-corrected chi connectivity index (χ1v) is 8.79. The van der Waals surface area contributed by atoms with Crippen molar-refractivity contribution in [1.29, 1.82) is 0 Å². The van der Waals surface area contributed by atoms with Crippen LogP contribution in [-0.4, -0.2) is 30.6 Å². The average molecular weight is 406 g/mol. The third-order valence-electron chi connectivity index (χ3n) is 2.59. The van der Waals surface area contributed by atoms with Gasteiger partial charge in [0.15, 0.2) is 9.84 Å². The van der Waals surface area contributed by atoms with Gasteiger partial charge < -0.3 is 0 Å². The van der Waals surface area contributed by atoms with E-state index in [1.165, 1.54) is 12.1 Å². The molecule has 0 unspecified atom stereocenters. The number of aromatic nitrogens is 2. The first-order valence-electron chi connectivity index (χ1n) is 5.56. The van der Waals surface area contributed by atoms with E-state index >= 15 is 0 Å². The number of hydrogen-bond acceptors (Lipinski definition) is 3. The van der Waals surface area contributed by atoms with E-state index < -0.39 is 28.3 Å². The molecule has 0 spiro atoms. The number of benzene rings is 1. The minimum atomic E-state index is -4.48. The van der Waals surface area contributed by atoms with Crippen molar-refractivity contribution in [3.05, 3.63) is 27.3 Å². The molecule has 1 aromatic heterocycles. The Kier molecular flexibility index (Phi) is 4.29. The molecule has 0 bridgehead atoms. The minimum Gasteiger partial charge on any atom is -0.254 e. The van der Waals surface area contributed by atoms with Gasteiger partial charge in [-0.15, -0.1) is 0 Å². The second kappa shape index (κ2) is 5.44. The maximum atomic E-state index is 12.6. The van der Waals surface area contributed by atoms with Crippen LogP contribution in [0.4, 0.5) is 13.2 Å². The quantitative estimate of drug-likeness (QED) is 0.785. The summed E-state index contributed by atoms with van der Waals surface area (Å²) in [5.41, 5.74) is 0.126. The highest BCUT2D eigenvalue weighted by molar-refractivity contribution is 9.10. The fourth-order valence-electron chi connectivity index (χ4n) is 1.95. The van der Waals surface area contributed by atoms with Crippen molar-refractivity contribution >= 4 is 48.3 Å². The van der Waals surface area contributed by atoms with E-state index in [-0.39, 0.29) is 21.6 Å². The van der Waals surface area contributed by atoms with E-state index in [0.29, 0.717) is 9.15 Å². The highest BCUT2D eigenvalue weighted by atomic mass is 79.9. The zero-order valence-electron chi connectivity index (χ0n) is 10.6. The van der Waals surface area contributed by atoms with Crippen LogP contribution < -0.4 is 0 Å². The Morgan fingerprint density at radius 2 is 2.00 bits per heavy atom. The Balaban J connectivity index is 2.73. The summed E-state index contributed by atoms with van der Waals surface area (Å²) < 4.78 is 61.8. The smallest absolute Gasteiger partial charge is 0.254 e. The van der Waals surface area contributed by atoms with Crippen LogP contribution >= 0.6 is 27.5 Å². The highest BCUT2D eigenvalue weighted by Crippen LogP contribution is 2.34. The molecule has 10 heteroatoms. The van der Waals surface area contributed by atoms with Gasteiger partial charge >= 0.3 is 6.18 Å². The van der Waals surface area contributed by atoms with Crippen LogP contribution in [0.5, 0.6) is 0 Å². The van der Waals surface area contributed by atoms with Crippen molar-refractivity contribution in [2.75, 3.05) is 6.26 Å². The molecular weight excluding hydrogens is 397 g/mol. The van der Waals surface area contributed by atoms with Crippen LogP contribution in [-0.2, 0) is 22.1 Å². The molecule has 1 aromatic carbocycles. The molecule has 0 fully saturated rings. The Morgan fingerprint density at radius 3 is 2.52 bits per heavy atom. The van der Waals surface area contributed by atoms with Gasteiger partial charge in [-0.1, -0.05) is 11.6 Å². The van der Waals surface area contributed by atoms with E-state index in [9.17, 15) is 21.6 Å². The van der Waals surface area contributed by atoms with Gasteiger partial charge in [-0.25, -0.2) is 8.42 Å². The van der Waals surface area contributed by atoms with E-state index in [2.05, 4.69) is 21.0 Å². The number of nitrogens with zero attached hydrogens (tertiary/aromatic N) is 2. The lowest BCUT2D eigenvalue weighted by Gasteiger charge is -2.08. The fraction of sp³-hybridized carbons (Fsp3) is 0.364. The second-order valence-electron chi connectivity index (χ2n) is 4.54. The molecule has 0 aliphatic carbocycles. The van der Waals surface area contributed by atoms with Gasteiger partial charge in [-0.2, -0.15) is 18.3 Å². The lowest BCUT2D eigenvalue weighted by atomic mass is 10.2. The second-order valence-corrected chi connectivity index (χ2v) is 7.94. The molecule has 0 N–H and O–H groups in total. The number of sulfone groups is 1. The van der Waals surface area contributed by atoms with E-state index in [4.69, 9.17) is 11.6 Å². The van der Waals surface area contributed by atoms with Crippen LogP contribution in [0.2, 0.25) is 5.02 Å². The van der Waals surface area contributed by atoms with Crippen molar-refractivity contribution in [2.45, 2.75) is 18.5 Å². The molecule has 4 nitrogen and oxygen atoms in total. The SMILES string of the molecule is CS(=O)(=O)Cc1nn(CC(F)(F)F)c2c(Br)ccc(Cl)c12. The first-order chi connectivity index (χ1) is 9.48. The Morgan fingerprint density at radius 1 is 1.38 bits per heavy atom. The molecule has 21 heavy (non-hydrogen) atoms. The third kappa shape index (κ3) is 3.89. The molecule has 0 aliphatic heterocycles. The van der Waals surface area contributed by atoms with Gasteiger partial charge in [0.1, 0.15) is 6.54 Å². The molecule has 2 rings (SSSR count). The number of alkyl halides is 3. The van der Waals surface area contributed by atoms with Gasteiger partial charge in [-0.05, 0) is 28.1 Å². The number of halogens is 5. The summed E-state index contributed by atoms with van der Waals surface area (Å²) in [5.74, 6) is -0.482. The van der Waals surface area contributed by atoms with E-state index in [1.54, 1.807) is 0 Å². The van der Waals surface area contributed by atoms with Crippen LogP contribution in [0, 0.1) is 0 Å². The molecule has 0 amide bonds. The molecule has 0 saturated carbocycles. The van der Waals surface area contributed by atoms with E-state index in [0.717, 1.165) is 6.26 Å². The molecule has 0 atom stereocenters. The maximum absolute atomic E-state index is 12.6. The molecule has 0 saturated heterocycles. The van der Waals surface area contributed by atoms with Gasteiger partial charge in [-0.3, -0.25) is 4.68 Å². The Hall–Kier alpha value is -0.800. The average Bonchev–Trinajstić information content (AvgIpc) is 2.58. The third-order valence-corrected chi connectivity index (χ3v) is 4.35. The largest absolute Gasteiger partial charge is 0.408 e. The number of rotatable bonds is 3. The summed E-state index contributed by atoms with van der Waals surface area (Å²) in [6.45, 7) is -1.33. The van der Waals surface area contributed by atoms with Crippen molar-refractivity contribution in [3.63, 3.8) is 0 Å². The topological polar surface area (TPSA) is 52.0 Å². The summed E-state index contributed by atoms with van der Waals surface area (Å²) in [4.78, 5) is 0. The highest BCUT2D eigenvalue weighted by Gasteiger charge is 2.31. The molecule has 0 aliphatic rings. The van der Waals surface area contributed by atoms with Gasteiger partial charge in [0, 0.05) is 16.1 Å². The number of fused-ring (bicyclic) bond motifs is 1. The van der Waals surface area contributed by atoms with Crippen molar-refractivity contribution < 1.29 is 21.6 Å². The maximum Gasteiger partial charge on any atom is 0.408 e. The van der Waals surface area contributed by atoms with Gasteiger partial charge in [0.2, 0.25) is 0 Å². The monoisotopic (exact) mass is 404 g/mol. The Bertz CT molecular complexity index is 802. The van der Waals surface area contributed by atoms with Gasteiger partial charge in [0.05, 0.1) is 22.0 Å². The summed E-state index contributed by atoms with van der Waals surface area (Å²) in [6, 6.07) is 2.96. The fourth-order valence-corrected chi connectivity index (χ4v) is 3.44. The zero-order chi connectivity index (χ0) is 16.0. The summed E-state index contributed by atoms with van der Waals surface area (Å²) in [5, 5.41) is 4.15. The van der Waals surface area contributed by atoms with Crippen LogP contribution in [0.25, 0.3) is 10.9 Å². The summed E-state index contributed by atoms with van der Waals surface area (Å²) in [6.07, 6.45) is -3.50. The van der Waals surface area contributed by atoms with Gasteiger partial charge in [0.25, 0.3) is 0 Å². The lowest BCUT2D eigenvalue weighted by molar-refractivity contribution is -0.141. The predicted octanol–water partition coefficient (Wildman–Crippen LogP) is 3.56. The first kappa shape index (κ1) is 16.6.